The van der Waals surface area contributed by atoms with Crippen LogP contribution in [0.1, 0.15) is 34.6 Å². The van der Waals surface area contributed by atoms with Crippen molar-refractivity contribution in [2.45, 2.75) is 13.8 Å². The van der Waals surface area contributed by atoms with Crippen LogP contribution >= 0.6 is 0 Å². The van der Waals surface area contributed by atoms with E-state index in [0.29, 0.717) is 0 Å². The lowest BCUT2D eigenvalue weighted by atomic mass is 10.1. The monoisotopic (exact) mass is 240 g/mol. The first-order valence-corrected chi connectivity index (χ1v) is 5.24. The molecule has 0 aromatic heterocycles. The molecule has 0 saturated heterocycles. The highest BCUT2D eigenvalue weighted by Gasteiger charge is 2.15. The summed E-state index contributed by atoms with van der Waals surface area (Å²) >= 11 is 0. The number of rotatable bonds is 4. The van der Waals surface area contributed by atoms with Gasteiger partial charge in [-0.2, -0.15) is 0 Å². The van der Waals surface area contributed by atoms with E-state index in [-0.39, 0.29) is 24.3 Å². The third-order valence-electron chi connectivity index (χ3n) is 1.98. The number of hydrogen-bond donors (Lipinski definition) is 0. The predicted molar refractivity (Wildman–Crippen MR) is 58.3 cm³/mol. The minimum Gasteiger partial charge on any atom is -0.462 e. The summed E-state index contributed by atoms with van der Waals surface area (Å²) in [6.45, 7) is 3.65. The van der Waals surface area contributed by atoms with Gasteiger partial charge in [-0.3, -0.25) is 0 Å². The Morgan fingerprint density at radius 1 is 1.12 bits per heavy atom. The van der Waals surface area contributed by atoms with Gasteiger partial charge in [0.25, 0.3) is 0 Å². The van der Waals surface area contributed by atoms with Gasteiger partial charge >= 0.3 is 11.9 Å². The first-order valence-electron chi connectivity index (χ1n) is 5.24. The molecule has 4 nitrogen and oxygen atoms in total. The van der Waals surface area contributed by atoms with Crippen molar-refractivity contribution >= 4 is 11.9 Å². The number of benzene rings is 1. The second-order valence-electron chi connectivity index (χ2n) is 3.14. The van der Waals surface area contributed by atoms with E-state index in [1.54, 1.807) is 13.8 Å². The van der Waals surface area contributed by atoms with Crippen LogP contribution in [0.15, 0.2) is 18.2 Å². The number of esters is 2. The van der Waals surface area contributed by atoms with Gasteiger partial charge in [0.1, 0.15) is 5.82 Å². The fourth-order valence-electron chi connectivity index (χ4n) is 1.23. The minimum absolute atomic E-state index is 0.0670. The van der Waals surface area contributed by atoms with Crippen molar-refractivity contribution in [2.24, 2.45) is 0 Å². The van der Waals surface area contributed by atoms with Gasteiger partial charge in [0.05, 0.1) is 24.3 Å². The standard InChI is InChI=1S/C12H13FO4/c1-3-16-11(14)8-5-6-9(10(13)7-8)12(15)17-4-2/h5-7H,3-4H2,1-2H3. The fraction of sp³-hybridized carbons (Fsp3) is 0.333. The van der Waals surface area contributed by atoms with E-state index in [1.807, 2.05) is 0 Å². The van der Waals surface area contributed by atoms with Crippen molar-refractivity contribution in [3.8, 4) is 0 Å². The molecule has 0 aliphatic carbocycles. The summed E-state index contributed by atoms with van der Waals surface area (Å²) in [5.41, 5.74) is -0.128. The van der Waals surface area contributed by atoms with Crippen molar-refractivity contribution in [3.63, 3.8) is 0 Å². The average Bonchev–Trinajstić information content (AvgIpc) is 2.29. The number of carbonyl (C=O) groups is 2. The molecule has 0 heterocycles. The van der Waals surface area contributed by atoms with Crippen LogP contribution in [0.2, 0.25) is 0 Å². The summed E-state index contributed by atoms with van der Waals surface area (Å²) in [5, 5.41) is 0. The lowest BCUT2D eigenvalue weighted by Crippen LogP contribution is -2.10. The van der Waals surface area contributed by atoms with Gasteiger partial charge in [0.15, 0.2) is 0 Å². The van der Waals surface area contributed by atoms with E-state index in [2.05, 4.69) is 4.74 Å². The predicted octanol–water partition coefficient (Wildman–Crippen LogP) is 2.18. The Morgan fingerprint density at radius 2 is 1.71 bits per heavy atom. The summed E-state index contributed by atoms with van der Waals surface area (Å²) < 4.78 is 22.9. The maximum absolute atomic E-state index is 13.5. The molecule has 1 aromatic carbocycles. The number of carbonyl (C=O) groups excluding carboxylic acids is 2. The zero-order chi connectivity index (χ0) is 12.8. The summed E-state index contributed by atoms with van der Waals surface area (Å²) in [5.74, 6) is -2.17. The molecule has 1 rings (SSSR count). The van der Waals surface area contributed by atoms with E-state index >= 15 is 0 Å². The lowest BCUT2D eigenvalue weighted by Gasteiger charge is -2.05. The van der Waals surface area contributed by atoms with Crippen LogP contribution in [-0.4, -0.2) is 25.2 Å². The molecule has 17 heavy (non-hydrogen) atoms. The van der Waals surface area contributed by atoms with Crippen molar-refractivity contribution < 1.29 is 23.5 Å². The highest BCUT2D eigenvalue weighted by molar-refractivity contribution is 5.93. The van der Waals surface area contributed by atoms with Gasteiger partial charge in [0, 0.05) is 0 Å². The van der Waals surface area contributed by atoms with Gasteiger partial charge in [-0.1, -0.05) is 0 Å². The molecule has 1 aromatic rings. The Morgan fingerprint density at radius 3 is 2.24 bits per heavy atom. The van der Waals surface area contributed by atoms with E-state index in [9.17, 15) is 14.0 Å². The molecule has 0 aliphatic rings. The van der Waals surface area contributed by atoms with Crippen molar-refractivity contribution in [3.05, 3.63) is 35.1 Å². The molecule has 0 radical (unpaired) electrons. The zero-order valence-corrected chi connectivity index (χ0v) is 9.66. The van der Waals surface area contributed by atoms with Crippen LogP contribution in [0, 0.1) is 5.82 Å². The largest absolute Gasteiger partial charge is 0.462 e. The molecule has 0 amide bonds. The molecular formula is C12H13FO4. The van der Waals surface area contributed by atoms with E-state index in [4.69, 9.17) is 4.74 Å². The second kappa shape index (κ2) is 5.98. The van der Waals surface area contributed by atoms with Gasteiger partial charge in [0.2, 0.25) is 0 Å². The van der Waals surface area contributed by atoms with Crippen molar-refractivity contribution in [1.29, 1.82) is 0 Å². The van der Waals surface area contributed by atoms with Crippen LogP contribution in [0.25, 0.3) is 0 Å². The molecule has 0 atom stereocenters. The first kappa shape index (κ1) is 13.2. The summed E-state index contributed by atoms with van der Waals surface area (Å²) in [7, 11) is 0. The quantitative estimate of drug-likeness (QED) is 0.757. The SMILES string of the molecule is CCOC(=O)c1ccc(C(=O)OCC)c(F)c1. The Balaban J connectivity index is 2.93. The minimum atomic E-state index is -0.797. The van der Waals surface area contributed by atoms with Gasteiger partial charge in [-0.05, 0) is 32.0 Å². The maximum Gasteiger partial charge on any atom is 0.341 e. The summed E-state index contributed by atoms with van der Waals surface area (Å²) in [6, 6.07) is 3.50. The molecule has 0 aliphatic heterocycles. The Kier molecular flexibility index (Phi) is 4.63. The molecule has 0 saturated carbocycles. The van der Waals surface area contributed by atoms with Gasteiger partial charge in [-0.25, -0.2) is 14.0 Å². The molecule has 0 fully saturated rings. The highest BCUT2D eigenvalue weighted by Crippen LogP contribution is 2.12. The number of hydrogen-bond acceptors (Lipinski definition) is 4. The van der Waals surface area contributed by atoms with E-state index in [0.717, 1.165) is 6.07 Å². The molecule has 92 valence electrons. The summed E-state index contributed by atoms with van der Waals surface area (Å²) in [4.78, 5) is 22.6. The smallest absolute Gasteiger partial charge is 0.341 e. The molecule has 0 bridgehead atoms. The normalized spacial score (nSPS) is 9.82. The zero-order valence-electron chi connectivity index (χ0n) is 9.66. The Bertz CT molecular complexity index is 429. The van der Waals surface area contributed by atoms with Gasteiger partial charge < -0.3 is 9.47 Å². The third kappa shape index (κ3) is 3.27. The van der Waals surface area contributed by atoms with Crippen molar-refractivity contribution in [2.75, 3.05) is 13.2 Å². The van der Waals surface area contributed by atoms with Crippen LogP contribution in [0.5, 0.6) is 0 Å². The topological polar surface area (TPSA) is 52.6 Å². The Labute approximate surface area is 98.3 Å². The first-order chi connectivity index (χ1) is 8.10. The molecule has 0 unspecified atom stereocenters. The van der Waals surface area contributed by atoms with E-state index in [1.165, 1.54) is 12.1 Å². The van der Waals surface area contributed by atoms with Crippen molar-refractivity contribution in [1.82, 2.24) is 0 Å². The summed E-state index contributed by atoms with van der Waals surface area (Å²) in [6.07, 6.45) is 0. The van der Waals surface area contributed by atoms with E-state index < -0.39 is 17.8 Å². The molecule has 5 heteroatoms. The number of halogens is 1. The van der Waals surface area contributed by atoms with Crippen LogP contribution in [0.4, 0.5) is 4.39 Å². The third-order valence-corrected chi connectivity index (χ3v) is 1.98. The lowest BCUT2D eigenvalue weighted by molar-refractivity contribution is 0.0506. The van der Waals surface area contributed by atoms with Crippen LogP contribution in [0.3, 0.4) is 0 Å². The van der Waals surface area contributed by atoms with Crippen LogP contribution in [-0.2, 0) is 9.47 Å². The fourth-order valence-corrected chi connectivity index (χ4v) is 1.23. The Hall–Kier alpha value is -1.91. The average molecular weight is 240 g/mol. The molecule has 0 N–H and O–H groups in total. The second-order valence-corrected chi connectivity index (χ2v) is 3.14. The number of ether oxygens (including phenoxy) is 2. The highest BCUT2D eigenvalue weighted by atomic mass is 19.1. The molecule has 0 spiro atoms. The molecular weight excluding hydrogens is 227 g/mol. The maximum atomic E-state index is 13.5. The van der Waals surface area contributed by atoms with Gasteiger partial charge in [-0.15, -0.1) is 0 Å². The van der Waals surface area contributed by atoms with Crippen LogP contribution < -0.4 is 0 Å².